The Balaban J connectivity index is 4.45. The molecule has 0 aromatic rings. The molecule has 9 nitrogen and oxygen atoms in total. The Morgan fingerprint density at radius 1 is 0.588 bits per heavy atom. The Hall–Kier alpha value is -0.990. The van der Waals surface area contributed by atoms with Gasteiger partial charge in [0.1, 0.15) is 19.8 Å². The van der Waals surface area contributed by atoms with Crippen LogP contribution in [0.15, 0.2) is 0 Å². The summed E-state index contributed by atoms with van der Waals surface area (Å²) in [7, 11) is 1.49. The van der Waals surface area contributed by atoms with Crippen LogP contribution >= 0.6 is 7.82 Å². The standard InChI is InChI=1S/C41H82NO8P/c1-7-9-11-13-15-17-18-19-20-21-23-25-27-33-41(44)50-39(37-49-51(45,46)48-35-34-42(4,5)6)36-47-40(43)32-29-28-31-38(3)30-26-24-22-16-14-12-10-8-2/h38-39H,7-37H2,1-6H3/p+1/t38-,39+/m0/s1. The van der Waals surface area contributed by atoms with E-state index in [1.54, 1.807) is 0 Å². The van der Waals surface area contributed by atoms with Crippen LogP contribution < -0.4 is 0 Å². The fourth-order valence-electron chi connectivity index (χ4n) is 6.08. The van der Waals surface area contributed by atoms with Crippen LogP contribution in [0.4, 0.5) is 0 Å². The van der Waals surface area contributed by atoms with Crippen molar-refractivity contribution in [1.29, 1.82) is 0 Å². The molecule has 0 saturated heterocycles. The number of hydrogen-bond acceptors (Lipinski definition) is 7. The van der Waals surface area contributed by atoms with E-state index < -0.39 is 26.5 Å². The SMILES string of the molecule is CCCCCCCCCCCCCCCC(=O)O[C@H](COC(=O)CCCC[C@@H](C)CCCCCCCCCC)COP(=O)(O)OCC[N+](C)(C)C. The second-order valence-corrected chi connectivity index (χ2v) is 17.5. The number of ether oxygens (including phenoxy) is 2. The molecule has 0 aromatic heterocycles. The second kappa shape index (κ2) is 33.6. The molecule has 0 bridgehead atoms. The highest BCUT2D eigenvalue weighted by atomic mass is 31.2. The van der Waals surface area contributed by atoms with E-state index in [4.69, 9.17) is 18.5 Å². The van der Waals surface area contributed by atoms with Crippen LogP contribution in [0, 0.1) is 5.92 Å². The zero-order valence-electron chi connectivity index (χ0n) is 34.3. The van der Waals surface area contributed by atoms with Gasteiger partial charge in [0.15, 0.2) is 6.10 Å². The Labute approximate surface area is 314 Å². The van der Waals surface area contributed by atoms with Gasteiger partial charge in [-0.1, -0.05) is 168 Å². The first kappa shape index (κ1) is 50.0. The van der Waals surface area contributed by atoms with Crippen LogP contribution in [0.5, 0.6) is 0 Å². The molecule has 0 aliphatic carbocycles. The summed E-state index contributed by atoms with van der Waals surface area (Å²) >= 11 is 0. The Morgan fingerprint density at radius 3 is 1.49 bits per heavy atom. The molecule has 0 rings (SSSR count). The molecule has 0 fully saturated rings. The van der Waals surface area contributed by atoms with Gasteiger partial charge in [-0.25, -0.2) is 4.57 Å². The number of unbranched alkanes of at least 4 members (excludes halogenated alkanes) is 20. The number of likely N-dealkylation sites (N-methyl/N-ethyl adjacent to an activating group) is 1. The zero-order valence-corrected chi connectivity index (χ0v) is 35.2. The molecule has 0 aromatic carbocycles. The first-order chi connectivity index (χ1) is 24.4. The van der Waals surface area contributed by atoms with Crippen molar-refractivity contribution >= 4 is 19.8 Å². The van der Waals surface area contributed by atoms with Crippen molar-refractivity contribution < 1.29 is 42.1 Å². The topological polar surface area (TPSA) is 108 Å². The van der Waals surface area contributed by atoms with Gasteiger partial charge < -0.3 is 18.9 Å². The molecular weight excluding hydrogens is 665 g/mol. The molecule has 304 valence electrons. The first-order valence-electron chi connectivity index (χ1n) is 21.2. The summed E-state index contributed by atoms with van der Waals surface area (Å²) in [6.07, 6.45) is 30.1. The molecule has 0 heterocycles. The van der Waals surface area contributed by atoms with Crippen LogP contribution in [-0.4, -0.2) is 74.9 Å². The van der Waals surface area contributed by atoms with Crippen LogP contribution in [0.2, 0.25) is 0 Å². The highest BCUT2D eigenvalue weighted by Gasteiger charge is 2.27. The summed E-state index contributed by atoms with van der Waals surface area (Å²) in [5.41, 5.74) is 0. The molecule has 1 N–H and O–H groups in total. The van der Waals surface area contributed by atoms with E-state index in [0.717, 1.165) is 32.1 Å². The van der Waals surface area contributed by atoms with Gasteiger partial charge in [-0.05, 0) is 18.8 Å². The third-order valence-electron chi connectivity index (χ3n) is 9.53. The smallest absolute Gasteiger partial charge is 0.462 e. The van der Waals surface area contributed by atoms with Crippen molar-refractivity contribution in [2.45, 2.75) is 200 Å². The number of phosphoric ester groups is 1. The highest BCUT2D eigenvalue weighted by molar-refractivity contribution is 7.47. The Bertz CT molecular complexity index is 865. The lowest BCUT2D eigenvalue weighted by molar-refractivity contribution is -0.870. The molecule has 0 aliphatic rings. The normalized spacial score (nSPS) is 14.3. The molecule has 0 spiro atoms. The highest BCUT2D eigenvalue weighted by Crippen LogP contribution is 2.43. The third-order valence-corrected chi connectivity index (χ3v) is 10.5. The molecule has 0 saturated carbocycles. The lowest BCUT2D eigenvalue weighted by Crippen LogP contribution is -2.37. The average Bonchev–Trinajstić information content (AvgIpc) is 3.07. The minimum atomic E-state index is -4.37. The summed E-state index contributed by atoms with van der Waals surface area (Å²) in [5.74, 6) is -0.141. The zero-order chi connectivity index (χ0) is 38.1. The van der Waals surface area contributed by atoms with Gasteiger partial charge in [0.05, 0.1) is 27.7 Å². The number of hydrogen-bond donors (Lipinski definition) is 1. The minimum Gasteiger partial charge on any atom is -0.462 e. The van der Waals surface area contributed by atoms with Gasteiger partial charge >= 0.3 is 19.8 Å². The van der Waals surface area contributed by atoms with Gasteiger partial charge in [0.2, 0.25) is 0 Å². The molecule has 0 amide bonds. The Kier molecular flexibility index (Phi) is 32.9. The number of nitrogens with zero attached hydrogens (tertiary/aromatic N) is 1. The van der Waals surface area contributed by atoms with Crippen LogP contribution in [0.25, 0.3) is 0 Å². The molecule has 10 heteroatoms. The van der Waals surface area contributed by atoms with E-state index in [0.29, 0.717) is 23.4 Å². The van der Waals surface area contributed by atoms with Gasteiger partial charge in [0.25, 0.3) is 0 Å². The molecular formula is C41H83NO8P+. The van der Waals surface area contributed by atoms with E-state index in [1.165, 1.54) is 122 Å². The lowest BCUT2D eigenvalue weighted by atomic mass is 9.96. The molecule has 51 heavy (non-hydrogen) atoms. The van der Waals surface area contributed by atoms with Crippen LogP contribution in [0.3, 0.4) is 0 Å². The summed E-state index contributed by atoms with van der Waals surface area (Å²) in [6, 6.07) is 0. The van der Waals surface area contributed by atoms with Crippen molar-refractivity contribution in [1.82, 2.24) is 0 Å². The molecule has 0 radical (unpaired) electrons. The summed E-state index contributed by atoms with van der Waals surface area (Å²) in [6.45, 7) is 6.72. The maximum atomic E-state index is 12.7. The number of esters is 2. The van der Waals surface area contributed by atoms with Crippen LogP contribution in [-0.2, 0) is 32.7 Å². The van der Waals surface area contributed by atoms with E-state index in [2.05, 4.69) is 20.8 Å². The first-order valence-corrected chi connectivity index (χ1v) is 22.7. The average molecular weight is 749 g/mol. The van der Waals surface area contributed by atoms with E-state index >= 15 is 0 Å². The van der Waals surface area contributed by atoms with Crippen molar-refractivity contribution in [3.05, 3.63) is 0 Å². The quantitative estimate of drug-likeness (QED) is 0.0288. The predicted octanol–water partition coefficient (Wildman–Crippen LogP) is 11.5. The van der Waals surface area contributed by atoms with Crippen molar-refractivity contribution in [3.8, 4) is 0 Å². The lowest BCUT2D eigenvalue weighted by Gasteiger charge is -2.24. The van der Waals surface area contributed by atoms with Crippen molar-refractivity contribution in [2.24, 2.45) is 5.92 Å². The summed E-state index contributed by atoms with van der Waals surface area (Å²) in [5, 5.41) is 0. The van der Waals surface area contributed by atoms with Gasteiger partial charge in [-0.3, -0.25) is 18.6 Å². The maximum absolute atomic E-state index is 12.7. The van der Waals surface area contributed by atoms with Crippen molar-refractivity contribution in [3.63, 3.8) is 0 Å². The number of rotatable bonds is 38. The van der Waals surface area contributed by atoms with E-state index in [-0.39, 0.29) is 32.0 Å². The summed E-state index contributed by atoms with van der Waals surface area (Å²) in [4.78, 5) is 35.4. The summed E-state index contributed by atoms with van der Waals surface area (Å²) < 4.78 is 34.3. The predicted molar refractivity (Wildman–Crippen MR) is 211 cm³/mol. The van der Waals surface area contributed by atoms with E-state index in [1.807, 2.05) is 21.1 Å². The number of quaternary nitrogens is 1. The monoisotopic (exact) mass is 749 g/mol. The minimum absolute atomic E-state index is 0.0352. The maximum Gasteiger partial charge on any atom is 0.472 e. The number of carbonyl (C=O) groups is 2. The second-order valence-electron chi connectivity index (χ2n) is 16.0. The largest absolute Gasteiger partial charge is 0.472 e. The molecule has 1 unspecified atom stereocenters. The van der Waals surface area contributed by atoms with Gasteiger partial charge in [0, 0.05) is 12.8 Å². The van der Waals surface area contributed by atoms with Gasteiger partial charge in [-0.2, -0.15) is 0 Å². The van der Waals surface area contributed by atoms with Crippen molar-refractivity contribution in [2.75, 3.05) is 47.5 Å². The number of phosphoric acid groups is 1. The fourth-order valence-corrected chi connectivity index (χ4v) is 6.83. The fraction of sp³-hybridized carbons (Fsp3) is 0.951. The molecule has 3 atom stereocenters. The molecule has 0 aliphatic heterocycles. The van der Waals surface area contributed by atoms with E-state index in [9.17, 15) is 19.0 Å². The van der Waals surface area contributed by atoms with Gasteiger partial charge in [-0.15, -0.1) is 0 Å². The Morgan fingerprint density at radius 2 is 1.00 bits per heavy atom. The third kappa shape index (κ3) is 37.1. The number of carbonyl (C=O) groups excluding carboxylic acids is 2. The van der Waals surface area contributed by atoms with Crippen LogP contribution in [0.1, 0.15) is 194 Å².